The van der Waals surface area contributed by atoms with E-state index < -0.39 is 0 Å². The zero-order chi connectivity index (χ0) is 11.1. The largest absolute Gasteiger partial charge is 0.380 e. The highest BCUT2D eigenvalue weighted by Crippen LogP contribution is 2.11. The van der Waals surface area contributed by atoms with Gasteiger partial charge < -0.3 is 10.1 Å². The molecule has 0 aromatic carbocycles. The van der Waals surface area contributed by atoms with E-state index >= 15 is 0 Å². The SMILES string of the molecule is CCCNC(CC)CN(C)C1CCOC1. The van der Waals surface area contributed by atoms with Crippen molar-refractivity contribution in [2.75, 3.05) is 33.4 Å². The molecule has 1 N–H and O–H groups in total. The van der Waals surface area contributed by atoms with E-state index in [9.17, 15) is 0 Å². The van der Waals surface area contributed by atoms with Crippen molar-refractivity contribution < 1.29 is 4.74 Å². The van der Waals surface area contributed by atoms with Gasteiger partial charge in [0.1, 0.15) is 0 Å². The average molecular weight is 214 g/mol. The van der Waals surface area contributed by atoms with Crippen molar-refractivity contribution in [3.05, 3.63) is 0 Å². The lowest BCUT2D eigenvalue weighted by Crippen LogP contribution is -2.43. The molecule has 1 saturated heterocycles. The Morgan fingerprint density at radius 2 is 2.27 bits per heavy atom. The van der Waals surface area contributed by atoms with Gasteiger partial charge in [0, 0.05) is 25.2 Å². The van der Waals surface area contributed by atoms with E-state index in [0.29, 0.717) is 12.1 Å². The van der Waals surface area contributed by atoms with E-state index in [4.69, 9.17) is 4.74 Å². The Balaban J connectivity index is 2.23. The lowest BCUT2D eigenvalue weighted by molar-refractivity contribution is 0.152. The molecule has 90 valence electrons. The molecule has 0 radical (unpaired) electrons. The fourth-order valence-electron chi connectivity index (χ4n) is 2.05. The normalized spacial score (nSPS) is 23.6. The van der Waals surface area contributed by atoms with Gasteiger partial charge in [0.25, 0.3) is 0 Å². The van der Waals surface area contributed by atoms with Gasteiger partial charge in [0.2, 0.25) is 0 Å². The third-order valence-corrected chi connectivity index (χ3v) is 3.21. The summed E-state index contributed by atoms with van der Waals surface area (Å²) < 4.78 is 5.41. The quantitative estimate of drug-likeness (QED) is 0.695. The molecule has 0 saturated carbocycles. The highest BCUT2D eigenvalue weighted by molar-refractivity contribution is 4.77. The molecule has 2 unspecified atom stereocenters. The number of nitrogens with one attached hydrogen (secondary N) is 1. The topological polar surface area (TPSA) is 24.5 Å². The summed E-state index contributed by atoms with van der Waals surface area (Å²) in [4.78, 5) is 2.45. The van der Waals surface area contributed by atoms with Crippen LogP contribution in [-0.4, -0.2) is 50.3 Å². The maximum absolute atomic E-state index is 5.41. The molecule has 0 aromatic rings. The molecular weight excluding hydrogens is 188 g/mol. The van der Waals surface area contributed by atoms with Crippen molar-refractivity contribution in [3.8, 4) is 0 Å². The third kappa shape index (κ3) is 4.49. The molecule has 0 aromatic heterocycles. The summed E-state index contributed by atoms with van der Waals surface area (Å²) in [5, 5.41) is 3.59. The van der Waals surface area contributed by atoms with Crippen LogP contribution >= 0.6 is 0 Å². The second-order valence-electron chi connectivity index (χ2n) is 4.52. The van der Waals surface area contributed by atoms with Crippen LogP contribution in [-0.2, 0) is 4.74 Å². The molecule has 0 bridgehead atoms. The minimum absolute atomic E-state index is 0.635. The molecule has 0 amide bonds. The molecule has 3 nitrogen and oxygen atoms in total. The van der Waals surface area contributed by atoms with Crippen molar-refractivity contribution >= 4 is 0 Å². The van der Waals surface area contributed by atoms with E-state index in [1.54, 1.807) is 0 Å². The second kappa shape index (κ2) is 7.20. The van der Waals surface area contributed by atoms with Crippen LogP contribution in [0.4, 0.5) is 0 Å². The molecule has 1 aliphatic heterocycles. The van der Waals surface area contributed by atoms with Crippen LogP contribution in [0.2, 0.25) is 0 Å². The number of rotatable bonds is 7. The predicted molar refractivity (Wildman–Crippen MR) is 64.2 cm³/mol. The Morgan fingerprint density at radius 1 is 1.47 bits per heavy atom. The first-order chi connectivity index (χ1) is 7.27. The first kappa shape index (κ1) is 12.9. The highest BCUT2D eigenvalue weighted by Gasteiger charge is 2.21. The van der Waals surface area contributed by atoms with E-state index in [1.807, 2.05) is 0 Å². The van der Waals surface area contributed by atoms with E-state index in [-0.39, 0.29) is 0 Å². The second-order valence-corrected chi connectivity index (χ2v) is 4.52. The number of hydrogen-bond acceptors (Lipinski definition) is 3. The number of likely N-dealkylation sites (N-methyl/N-ethyl adjacent to an activating group) is 1. The van der Waals surface area contributed by atoms with Crippen molar-refractivity contribution in [2.24, 2.45) is 0 Å². The predicted octanol–water partition coefficient (Wildman–Crippen LogP) is 1.49. The zero-order valence-electron chi connectivity index (χ0n) is 10.5. The van der Waals surface area contributed by atoms with Gasteiger partial charge in [0.15, 0.2) is 0 Å². The Labute approximate surface area is 94.2 Å². The first-order valence-electron chi connectivity index (χ1n) is 6.29. The van der Waals surface area contributed by atoms with Gasteiger partial charge >= 0.3 is 0 Å². The fourth-order valence-corrected chi connectivity index (χ4v) is 2.05. The fraction of sp³-hybridized carbons (Fsp3) is 1.00. The summed E-state index contributed by atoms with van der Waals surface area (Å²) in [7, 11) is 2.22. The van der Waals surface area contributed by atoms with Gasteiger partial charge in [-0.3, -0.25) is 4.90 Å². The Kier molecular flexibility index (Phi) is 6.22. The Bertz CT molecular complexity index is 158. The van der Waals surface area contributed by atoms with Gasteiger partial charge in [-0.15, -0.1) is 0 Å². The maximum Gasteiger partial charge on any atom is 0.0622 e. The van der Waals surface area contributed by atoms with Crippen LogP contribution in [0.25, 0.3) is 0 Å². The van der Waals surface area contributed by atoms with Crippen molar-refractivity contribution in [2.45, 2.75) is 45.2 Å². The molecular formula is C12H26N2O. The van der Waals surface area contributed by atoms with E-state index in [2.05, 4.69) is 31.1 Å². The van der Waals surface area contributed by atoms with Crippen LogP contribution in [0.15, 0.2) is 0 Å². The van der Waals surface area contributed by atoms with Crippen LogP contribution in [0.5, 0.6) is 0 Å². The summed E-state index contributed by atoms with van der Waals surface area (Å²) in [6, 6.07) is 1.28. The molecule has 1 fully saturated rings. The number of hydrogen-bond donors (Lipinski definition) is 1. The lowest BCUT2D eigenvalue weighted by atomic mass is 10.1. The van der Waals surface area contributed by atoms with Crippen LogP contribution < -0.4 is 5.32 Å². The monoisotopic (exact) mass is 214 g/mol. The van der Waals surface area contributed by atoms with Crippen LogP contribution in [0.3, 0.4) is 0 Å². The first-order valence-corrected chi connectivity index (χ1v) is 6.29. The Hall–Kier alpha value is -0.120. The summed E-state index contributed by atoms with van der Waals surface area (Å²) in [6.07, 6.45) is 3.62. The maximum atomic E-state index is 5.41. The minimum Gasteiger partial charge on any atom is -0.380 e. The summed E-state index contributed by atoms with van der Waals surface area (Å²) in [6.45, 7) is 8.60. The molecule has 2 atom stereocenters. The average Bonchev–Trinajstić information content (AvgIpc) is 2.77. The molecule has 1 aliphatic rings. The smallest absolute Gasteiger partial charge is 0.0622 e. The van der Waals surface area contributed by atoms with Crippen LogP contribution in [0.1, 0.15) is 33.1 Å². The van der Waals surface area contributed by atoms with Gasteiger partial charge in [0.05, 0.1) is 6.61 Å². The minimum atomic E-state index is 0.635. The van der Waals surface area contributed by atoms with Crippen molar-refractivity contribution in [1.82, 2.24) is 10.2 Å². The van der Waals surface area contributed by atoms with Gasteiger partial charge in [-0.1, -0.05) is 13.8 Å². The third-order valence-electron chi connectivity index (χ3n) is 3.21. The number of ether oxygens (including phenoxy) is 1. The van der Waals surface area contributed by atoms with Gasteiger partial charge in [-0.25, -0.2) is 0 Å². The lowest BCUT2D eigenvalue weighted by Gasteiger charge is -2.28. The zero-order valence-corrected chi connectivity index (χ0v) is 10.5. The molecule has 1 rings (SSSR count). The van der Waals surface area contributed by atoms with Gasteiger partial charge in [-0.05, 0) is 32.9 Å². The summed E-state index contributed by atoms with van der Waals surface area (Å²) in [5.41, 5.74) is 0. The van der Waals surface area contributed by atoms with Gasteiger partial charge in [-0.2, -0.15) is 0 Å². The summed E-state index contributed by atoms with van der Waals surface area (Å²) >= 11 is 0. The molecule has 15 heavy (non-hydrogen) atoms. The Morgan fingerprint density at radius 3 is 2.80 bits per heavy atom. The molecule has 0 aliphatic carbocycles. The molecule has 0 spiro atoms. The molecule has 1 heterocycles. The van der Waals surface area contributed by atoms with Crippen molar-refractivity contribution in [3.63, 3.8) is 0 Å². The molecule has 3 heteroatoms. The van der Waals surface area contributed by atoms with E-state index in [1.165, 1.54) is 19.3 Å². The van der Waals surface area contributed by atoms with E-state index in [0.717, 1.165) is 26.3 Å². The highest BCUT2D eigenvalue weighted by atomic mass is 16.5. The summed E-state index contributed by atoms with van der Waals surface area (Å²) in [5.74, 6) is 0. The van der Waals surface area contributed by atoms with Crippen molar-refractivity contribution in [1.29, 1.82) is 0 Å². The number of nitrogens with zero attached hydrogens (tertiary/aromatic N) is 1. The van der Waals surface area contributed by atoms with Crippen LogP contribution in [0, 0.1) is 0 Å². The standard InChI is InChI=1S/C12H26N2O/c1-4-7-13-11(5-2)9-14(3)12-6-8-15-10-12/h11-13H,4-10H2,1-3H3.